The van der Waals surface area contributed by atoms with Gasteiger partial charge in [-0.05, 0) is 18.2 Å². The van der Waals surface area contributed by atoms with Gasteiger partial charge in [-0.3, -0.25) is 9.59 Å². The van der Waals surface area contributed by atoms with Crippen LogP contribution in [-0.2, 0) is 16.0 Å². The van der Waals surface area contributed by atoms with Crippen LogP contribution < -0.4 is 0 Å². The molecule has 0 aliphatic heterocycles. The summed E-state index contributed by atoms with van der Waals surface area (Å²) in [5, 5.41) is 0. The molecular weight excluding hydrogens is 240 g/mol. The van der Waals surface area contributed by atoms with Crippen molar-refractivity contribution in [3.8, 4) is 0 Å². The summed E-state index contributed by atoms with van der Waals surface area (Å²) in [5.41, 5.74) is 0.511. The minimum absolute atomic E-state index is 0.0973. The zero-order chi connectivity index (χ0) is 12.3. The molecule has 2 aromatic heterocycles. The predicted molar refractivity (Wildman–Crippen MR) is 62.2 cm³/mol. The van der Waals surface area contributed by atoms with Crippen molar-refractivity contribution in [2.75, 3.05) is 7.11 Å². The Morgan fingerprint density at radius 2 is 2.18 bits per heavy atom. The third kappa shape index (κ3) is 2.62. The summed E-state index contributed by atoms with van der Waals surface area (Å²) in [6.07, 6.45) is 3.05. The van der Waals surface area contributed by atoms with Gasteiger partial charge in [0.1, 0.15) is 6.26 Å². The topological polar surface area (TPSA) is 56.5 Å². The number of ketones is 1. The molecule has 2 rings (SSSR count). The Bertz CT molecular complexity index is 524. The van der Waals surface area contributed by atoms with Crippen molar-refractivity contribution < 1.29 is 18.7 Å². The van der Waals surface area contributed by atoms with Crippen LogP contribution in [-0.4, -0.2) is 18.9 Å². The zero-order valence-electron chi connectivity index (χ0n) is 9.14. The van der Waals surface area contributed by atoms with Gasteiger partial charge in [0.05, 0.1) is 30.2 Å². The van der Waals surface area contributed by atoms with Crippen LogP contribution in [0.15, 0.2) is 35.1 Å². The van der Waals surface area contributed by atoms with Gasteiger partial charge >= 0.3 is 5.97 Å². The largest absolute Gasteiger partial charge is 0.472 e. The van der Waals surface area contributed by atoms with Gasteiger partial charge in [-0.2, -0.15) is 0 Å². The molecule has 0 saturated carbocycles. The number of carbonyl (C=O) groups is 2. The average molecular weight is 250 g/mol. The second-order valence-corrected chi connectivity index (χ2v) is 4.53. The van der Waals surface area contributed by atoms with Crippen LogP contribution in [0.3, 0.4) is 0 Å². The van der Waals surface area contributed by atoms with E-state index in [4.69, 9.17) is 4.42 Å². The molecule has 0 amide bonds. The number of thiophene rings is 1. The molecule has 2 heterocycles. The standard InChI is InChI=1S/C12H10O4S/c1-15-11(13)6-9-2-3-10(17-9)12(14)8-4-5-16-7-8/h2-5,7H,6H2,1H3. The van der Waals surface area contributed by atoms with Crippen LogP contribution in [0.5, 0.6) is 0 Å². The van der Waals surface area contributed by atoms with E-state index in [9.17, 15) is 9.59 Å². The van der Waals surface area contributed by atoms with E-state index in [1.54, 1.807) is 18.2 Å². The monoisotopic (exact) mass is 250 g/mol. The highest BCUT2D eigenvalue weighted by molar-refractivity contribution is 7.14. The lowest BCUT2D eigenvalue weighted by Crippen LogP contribution is -2.02. The van der Waals surface area contributed by atoms with Crippen LogP contribution in [0, 0.1) is 0 Å². The normalized spacial score (nSPS) is 10.2. The third-order valence-corrected chi connectivity index (χ3v) is 3.30. The predicted octanol–water partition coefficient (Wildman–Crippen LogP) is 2.29. The lowest BCUT2D eigenvalue weighted by atomic mass is 10.2. The molecule has 0 aliphatic carbocycles. The van der Waals surface area contributed by atoms with E-state index in [2.05, 4.69) is 4.74 Å². The number of rotatable bonds is 4. The first kappa shape index (κ1) is 11.6. The van der Waals surface area contributed by atoms with Crippen molar-refractivity contribution in [2.24, 2.45) is 0 Å². The molecule has 0 saturated heterocycles. The van der Waals surface area contributed by atoms with E-state index >= 15 is 0 Å². The summed E-state index contributed by atoms with van der Waals surface area (Å²) in [4.78, 5) is 24.4. The molecule has 5 heteroatoms. The molecule has 17 heavy (non-hydrogen) atoms. The minimum Gasteiger partial charge on any atom is -0.472 e. The fourth-order valence-electron chi connectivity index (χ4n) is 1.35. The molecule has 0 unspecified atom stereocenters. The van der Waals surface area contributed by atoms with Crippen molar-refractivity contribution in [2.45, 2.75) is 6.42 Å². The SMILES string of the molecule is COC(=O)Cc1ccc(C(=O)c2ccoc2)s1. The maximum Gasteiger partial charge on any atom is 0.310 e. The Morgan fingerprint density at radius 1 is 1.35 bits per heavy atom. The fraction of sp³-hybridized carbons (Fsp3) is 0.167. The molecule has 0 N–H and O–H groups in total. The first-order valence-electron chi connectivity index (χ1n) is 4.93. The Kier molecular flexibility index (Phi) is 3.39. The Balaban J connectivity index is 2.13. The van der Waals surface area contributed by atoms with Gasteiger partial charge in [0.15, 0.2) is 0 Å². The van der Waals surface area contributed by atoms with Gasteiger partial charge in [-0.25, -0.2) is 0 Å². The van der Waals surface area contributed by atoms with E-state index in [1.807, 2.05) is 0 Å². The molecule has 0 radical (unpaired) electrons. The van der Waals surface area contributed by atoms with Crippen molar-refractivity contribution in [3.05, 3.63) is 46.0 Å². The molecule has 0 atom stereocenters. The summed E-state index contributed by atoms with van der Waals surface area (Å²) >= 11 is 1.29. The molecule has 88 valence electrons. The molecular formula is C12H10O4S. The number of furan rings is 1. The molecule has 2 aromatic rings. The fourth-order valence-corrected chi connectivity index (χ4v) is 2.30. The summed E-state index contributed by atoms with van der Waals surface area (Å²) in [7, 11) is 1.34. The third-order valence-electron chi connectivity index (χ3n) is 2.22. The van der Waals surface area contributed by atoms with Gasteiger partial charge in [0.2, 0.25) is 5.78 Å². The second kappa shape index (κ2) is 4.97. The Hall–Kier alpha value is -1.88. The van der Waals surface area contributed by atoms with E-state index in [-0.39, 0.29) is 18.2 Å². The maximum atomic E-state index is 11.9. The summed E-state index contributed by atoms with van der Waals surface area (Å²) in [5.74, 6) is -0.408. The summed E-state index contributed by atoms with van der Waals surface area (Å²) in [6, 6.07) is 5.08. The highest BCUT2D eigenvalue weighted by atomic mass is 32.1. The van der Waals surface area contributed by atoms with Crippen molar-refractivity contribution in [3.63, 3.8) is 0 Å². The zero-order valence-corrected chi connectivity index (χ0v) is 9.95. The Morgan fingerprint density at radius 3 is 2.82 bits per heavy atom. The molecule has 4 nitrogen and oxygen atoms in total. The highest BCUT2D eigenvalue weighted by Crippen LogP contribution is 2.21. The number of hydrogen-bond donors (Lipinski definition) is 0. The van der Waals surface area contributed by atoms with Gasteiger partial charge in [0.25, 0.3) is 0 Å². The quantitative estimate of drug-likeness (QED) is 0.617. The number of methoxy groups -OCH3 is 1. The average Bonchev–Trinajstić information content (AvgIpc) is 2.98. The Labute approximate surface area is 102 Å². The lowest BCUT2D eigenvalue weighted by Gasteiger charge is -1.94. The minimum atomic E-state index is -0.311. The maximum absolute atomic E-state index is 11.9. The van der Waals surface area contributed by atoms with Crippen molar-refractivity contribution in [1.82, 2.24) is 0 Å². The number of hydrogen-bond acceptors (Lipinski definition) is 5. The molecule has 0 aliphatic rings. The molecule has 0 fully saturated rings. The number of ether oxygens (including phenoxy) is 1. The van der Waals surface area contributed by atoms with Crippen LogP contribution in [0.4, 0.5) is 0 Å². The van der Waals surface area contributed by atoms with E-state index in [0.717, 1.165) is 4.88 Å². The first-order chi connectivity index (χ1) is 8.20. The van der Waals surface area contributed by atoms with E-state index in [1.165, 1.54) is 31.0 Å². The number of carbonyl (C=O) groups excluding carboxylic acids is 2. The summed E-state index contributed by atoms with van der Waals surface area (Å²) < 4.78 is 9.42. The van der Waals surface area contributed by atoms with E-state index < -0.39 is 0 Å². The lowest BCUT2D eigenvalue weighted by molar-refractivity contribution is -0.139. The smallest absolute Gasteiger partial charge is 0.310 e. The molecule has 0 aromatic carbocycles. The van der Waals surface area contributed by atoms with Gasteiger partial charge in [-0.1, -0.05) is 0 Å². The van der Waals surface area contributed by atoms with Crippen LogP contribution >= 0.6 is 11.3 Å². The van der Waals surface area contributed by atoms with Gasteiger partial charge < -0.3 is 9.15 Å². The molecule has 0 spiro atoms. The van der Waals surface area contributed by atoms with Crippen LogP contribution in [0.25, 0.3) is 0 Å². The van der Waals surface area contributed by atoms with Crippen LogP contribution in [0.1, 0.15) is 20.1 Å². The second-order valence-electron chi connectivity index (χ2n) is 3.36. The highest BCUT2D eigenvalue weighted by Gasteiger charge is 2.14. The van der Waals surface area contributed by atoms with Gasteiger partial charge in [0, 0.05) is 4.88 Å². The van der Waals surface area contributed by atoms with Crippen LogP contribution in [0.2, 0.25) is 0 Å². The van der Waals surface area contributed by atoms with Crippen molar-refractivity contribution in [1.29, 1.82) is 0 Å². The van der Waals surface area contributed by atoms with E-state index in [0.29, 0.717) is 10.4 Å². The molecule has 0 bridgehead atoms. The number of esters is 1. The summed E-state index contributed by atoms with van der Waals surface area (Å²) in [6.45, 7) is 0. The van der Waals surface area contributed by atoms with Gasteiger partial charge in [-0.15, -0.1) is 11.3 Å². The van der Waals surface area contributed by atoms with Crippen molar-refractivity contribution >= 4 is 23.1 Å². The first-order valence-corrected chi connectivity index (χ1v) is 5.75.